The average molecular weight is 244 g/mol. The van der Waals surface area contributed by atoms with Gasteiger partial charge in [0.2, 0.25) is 0 Å². The molecular formula is C15H17FN2. The number of aromatic nitrogens is 1. The predicted octanol–water partition coefficient (Wildman–Crippen LogP) is 3.24. The molecule has 1 aromatic carbocycles. The molecule has 0 atom stereocenters. The molecule has 2 rings (SSSR count). The van der Waals surface area contributed by atoms with E-state index in [4.69, 9.17) is 0 Å². The van der Waals surface area contributed by atoms with Gasteiger partial charge < -0.3 is 0 Å². The van der Waals surface area contributed by atoms with Gasteiger partial charge in [0, 0.05) is 19.3 Å². The summed E-state index contributed by atoms with van der Waals surface area (Å²) in [5, 5.41) is 0. The smallest absolute Gasteiger partial charge is 0.123 e. The molecule has 0 aliphatic carbocycles. The molecule has 0 radical (unpaired) electrons. The molecule has 1 heterocycles. The molecule has 1 aromatic heterocycles. The van der Waals surface area contributed by atoms with Crippen LogP contribution in [0.1, 0.15) is 18.2 Å². The number of hydrogen-bond donors (Lipinski definition) is 0. The van der Waals surface area contributed by atoms with Crippen molar-refractivity contribution < 1.29 is 4.39 Å². The molecule has 0 spiro atoms. The van der Waals surface area contributed by atoms with Gasteiger partial charge in [-0.2, -0.15) is 0 Å². The van der Waals surface area contributed by atoms with E-state index in [0.29, 0.717) is 0 Å². The minimum Gasteiger partial charge on any atom is -0.294 e. The zero-order chi connectivity index (χ0) is 12.8. The first-order chi connectivity index (χ1) is 8.78. The molecule has 18 heavy (non-hydrogen) atoms. The van der Waals surface area contributed by atoms with E-state index >= 15 is 0 Å². The highest BCUT2D eigenvalue weighted by atomic mass is 19.1. The van der Waals surface area contributed by atoms with Gasteiger partial charge in [-0.25, -0.2) is 4.39 Å². The topological polar surface area (TPSA) is 16.1 Å². The summed E-state index contributed by atoms with van der Waals surface area (Å²) >= 11 is 0. The fourth-order valence-corrected chi connectivity index (χ4v) is 1.89. The zero-order valence-electron chi connectivity index (χ0n) is 10.5. The van der Waals surface area contributed by atoms with Crippen LogP contribution >= 0.6 is 0 Å². The summed E-state index contributed by atoms with van der Waals surface area (Å²) < 4.78 is 13.1. The van der Waals surface area contributed by atoms with Crippen LogP contribution in [0.25, 0.3) is 0 Å². The predicted molar refractivity (Wildman–Crippen MR) is 70.4 cm³/mol. The second kappa shape index (κ2) is 6.26. The number of rotatable bonds is 5. The van der Waals surface area contributed by atoms with Crippen LogP contribution in [-0.2, 0) is 13.1 Å². The summed E-state index contributed by atoms with van der Waals surface area (Å²) in [6, 6.07) is 12.7. The molecule has 0 unspecified atom stereocenters. The molecule has 94 valence electrons. The monoisotopic (exact) mass is 244 g/mol. The highest BCUT2D eigenvalue weighted by Gasteiger charge is 2.06. The molecular weight excluding hydrogens is 227 g/mol. The zero-order valence-corrected chi connectivity index (χ0v) is 10.5. The van der Waals surface area contributed by atoms with E-state index < -0.39 is 0 Å². The van der Waals surface area contributed by atoms with Gasteiger partial charge in [0.15, 0.2) is 0 Å². The Morgan fingerprint density at radius 3 is 2.67 bits per heavy atom. The minimum atomic E-state index is -0.179. The Morgan fingerprint density at radius 2 is 2.00 bits per heavy atom. The maximum atomic E-state index is 13.1. The largest absolute Gasteiger partial charge is 0.294 e. The molecule has 2 nitrogen and oxygen atoms in total. The van der Waals surface area contributed by atoms with Crippen molar-refractivity contribution in [1.29, 1.82) is 0 Å². The molecule has 0 aliphatic rings. The van der Waals surface area contributed by atoms with Crippen molar-refractivity contribution >= 4 is 0 Å². The number of hydrogen-bond acceptors (Lipinski definition) is 2. The van der Waals surface area contributed by atoms with Crippen molar-refractivity contribution in [2.24, 2.45) is 0 Å². The molecule has 0 aliphatic heterocycles. The molecule has 2 aromatic rings. The van der Waals surface area contributed by atoms with E-state index in [1.165, 1.54) is 6.07 Å². The van der Waals surface area contributed by atoms with Gasteiger partial charge >= 0.3 is 0 Å². The minimum absolute atomic E-state index is 0.179. The third-order valence-corrected chi connectivity index (χ3v) is 2.85. The van der Waals surface area contributed by atoms with Gasteiger partial charge in [-0.1, -0.05) is 25.1 Å². The standard InChI is InChI=1S/C15H17FN2/c1-2-18(12-15-8-3-4-9-17-15)11-13-6-5-7-14(16)10-13/h3-10H,2,11-12H2,1H3. The fourth-order valence-electron chi connectivity index (χ4n) is 1.89. The summed E-state index contributed by atoms with van der Waals surface area (Å²) in [5.74, 6) is -0.179. The maximum Gasteiger partial charge on any atom is 0.123 e. The van der Waals surface area contributed by atoms with Crippen LogP contribution in [0.3, 0.4) is 0 Å². The third kappa shape index (κ3) is 3.64. The van der Waals surface area contributed by atoms with Crippen molar-refractivity contribution in [2.75, 3.05) is 6.54 Å². The van der Waals surface area contributed by atoms with Gasteiger partial charge in [0.25, 0.3) is 0 Å². The van der Waals surface area contributed by atoms with Crippen LogP contribution in [0, 0.1) is 5.82 Å². The van der Waals surface area contributed by atoms with Gasteiger partial charge in [-0.15, -0.1) is 0 Å². The van der Waals surface area contributed by atoms with Crippen LogP contribution in [0.4, 0.5) is 4.39 Å². The van der Waals surface area contributed by atoms with Gasteiger partial charge in [0.1, 0.15) is 5.82 Å². The lowest BCUT2D eigenvalue weighted by molar-refractivity contribution is 0.268. The summed E-state index contributed by atoms with van der Waals surface area (Å²) in [4.78, 5) is 6.54. The summed E-state index contributed by atoms with van der Waals surface area (Å²) in [6.45, 7) is 4.54. The Kier molecular flexibility index (Phi) is 4.42. The quantitative estimate of drug-likeness (QED) is 0.802. The van der Waals surface area contributed by atoms with E-state index in [-0.39, 0.29) is 5.82 Å². The first-order valence-electron chi connectivity index (χ1n) is 6.14. The maximum absolute atomic E-state index is 13.1. The first-order valence-corrected chi connectivity index (χ1v) is 6.14. The van der Waals surface area contributed by atoms with E-state index in [0.717, 1.165) is 30.9 Å². The average Bonchev–Trinajstić information content (AvgIpc) is 2.39. The normalized spacial score (nSPS) is 10.8. The van der Waals surface area contributed by atoms with Crippen LogP contribution in [0.2, 0.25) is 0 Å². The molecule has 0 amide bonds. The SMILES string of the molecule is CCN(Cc1cccc(F)c1)Cc1ccccn1. The van der Waals surface area contributed by atoms with Crippen LogP contribution in [0.5, 0.6) is 0 Å². The van der Waals surface area contributed by atoms with E-state index in [9.17, 15) is 4.39 Å². The lowest BCUT2D eigenvalue weighted by Gasteiger charge is -2.20. The molecule has 0 N–H and O–H groups in total. The van der Waals surface area contributed by atoms with Crippen molar-refractivity contribution in [3.05, 3.63) is 65.7 Å². The van der Waals surface area contributed by atoms with E-state index in [1.807, 2.05) is 24.3 Å². The Morgan fingerprint density at radius 1 is 1.11 bits per heavy atom. The summed E-state index contributed by atoms with van der Waals surface area (Å²) in [6.07, 6.45) is 1.80. The van der Waals surface area contributed by atoms with Crippen LogP contribution in [0.15, 0.2) is 48.7 Å². The molecule has 0 saturated carbocycles. The van der Waals surface area contributed by atoms with E-state index in [1.54, 1.807) is 18.3 Å². The summed E-state index contributed by atoms with van der Waals surface area (Å²) in [7, 11) is 0. The van der Waals surface area contributed by atoms with Crippen molar-refractivity contribution in [2.45, 2.75) is 20.0 Å². The highest BCUT2D eigenvalue weighted by molar-refractivity contribution is 5.16. The molecule has 0 saturated heterocycles. The Labute approximate surface area is 107 Å². The second-order valence-electron chi connectivity index (χ2n) is 4.25. The number of halogens is 1. The Hall–Kier alpha value is -1.74. The Bertz CT molecular complexity index is 485. The molecule has 0 bridgehead atoms. The fraction of sp³-hybridized carbons (Fsp3) is 0.267. The van der Waals surface area contributed by atoms with Crippen LogP contribution < -0.4 is 0 Å². The molecule has 0 fully saturated rings. The van der Waals surface area contributed by atoms with Crippen molar-refractivity contribution in [3.63, 3.8) is 0 Å². The van der Waals surface area contributed by atoms with Gasteiger partial charge in [-0.05, 0) is 36.4 Å². The Balaban J connectivity index is 2.01. The highest BCUT2D eigenvalue weighted by Crippen LogP contribution is 2.09. The third-order valence-electron chi connectivity index (χ3n) is 2.85. The van der Waals surface area contributed by atoms with Crippen molar-refractivity contribution in [1.82, 2.24) is 9.88 Å². The summed E-state index contributed by atoms with van der Waals surface area (Å²) in [5.41, 5.74) is 2.03. The number of nitrogens with zero attached hydrogens (tertiary/aromatic N) is 2. The molecule has 3 heteroatoms. The first kappa shape index (κ1) is 12.7. The van der Waals surface area contributed by atoms with E-state index in [2.05, 4.69) is 16.8 Å². The second-order valence-corrected chi connectivity index (χ2v) is 4.25. The number of benzene rings is 1. The van der Waals surface area contributed by atoms with Crippen LogP contribution in [-0.4, -0.2) is 16.4 Å². The van der Waals surface area contributed by atoms with Gasteiger partial charge in [0.05, 0.1) is 5.69 Å². The van der Waals surface area contributed by atoms with Crippen molar-refractivity contribution in [3.8, 4) is 0 Å². The number of pyridine rings is 1. The lowest BCUT2D eigenvalue weighted by atomic mass is 10.2. The lowest BCUT2D eigenvalue weighted by Crippen LogP contribution is -2.22. The van der Waals surface area contributed by atoms with Gasteiger partial charge in [-0.3, -0.25) is 9.88 Å².